The van der Waals surface area contributed by atoms with Crippen molar-refractivity contribution in [3.8, 4) is 0 Å². The molecule has 2 aromatic rings. The molecule has 0 aromatic carbocycles. The van der Waals surface area contributed by atoms with Crippen molar-refractivity contribution in [1.29, 1.82) is 0 Å². The number of anilines is 1. The Labute approximate surface area is 92.5 Å². The van der Waals surface area contributed by atoms with E-state index in [1.807, 2.05) is 0 Å². The number of hydrogen-bond donors (Lipinski definition) is 2. The largest absolute Gasteiger partial charge is 0.368 e. The van der Waals surface area contributed by atoms with E-state index in [9.17, 15) is 4.79 Å². The molecule has 0 aliphatic carbocycles. The highest BCUT2D eigenvalue weighted by molar-refractivity contribution is 5.81. The molecule has 16 heavy (non-hydrogen) atoms. The number of aromatic amines is 1. The van der Waals surface area contributed by atoms with Crippen LogP contribution in [0.1, 0.15) is 19.8 Å². The molecule has 0 aliphatic heterocycles. The van der Waals surface area contributed by atoms with Crippen LogP contribution in [0.15, 0.2) is 12.7 Å². The lowest BCUT2D eigenvalue weighted by Crippen LogP contribution is -2.05. The van der Waals surface area contributed by atoms with E-state index in [0.717, 1.165) is 17.8 Å². The SMILES string of the molecule is CC(=O)CCCNc1ncnc2nc[nH]c12. The maximum Gasteiger partial charge on any atom is 0.182 e. The van der Waals surface area contributed by atoms with Gasteiger partial charge in [-0.25, -0.2) is 15.0 Å². The molecule has 0 amide bonds. The summed E-state index contributed by atoms with van der Waals surface area (Å²) in [5, 5.41) is 3.15. The van der Waals surface area contributed by atoms with Gasteiger partial charge in [0.25, 0.3) is 0 Å². The molecule has 6 nitrogen and oxygen atoms in total. The van der Waals surface area contributed by atoms with Crippen molar-refractivity contribution < 1.29 is 4.79 Å². The van der Waals surface area contributed by atoms with Gasteiger partial charge in [0.1, 0.15) is 17.6 Å². The monoisotopic (exact) mass is 219 g/mol. The summed E-state index contributed by atoms with van der Waals surface area (Å²) in [6, 6.07) is 0. The third-order valence-corrected chi connectivity index (χ3v) is 2.22. The van der Waals surface area contributed by atoms with E-state index < -0.39 is 0 Å². The van der Waals surface area contributed by atoms with Gasteiger partial charge in [0.2, 0.25) is 0 Å². The fourth-order valence-corrected chi connectivity index (χ4v) is 1.44. The zero-order valence-electron chi connectivity index (χ0n) is 9.03. The second-order valence-corrected chi connectivity index (χ2v) is 3.56. The van der Waals surface area contributed by atoms with E-state index in [4.69, 9.17) is 0 Å². The zero-order valence-corrected chi connectivity index (χ0v) is 9.03. The predicted octanol–water partition coefficient (Wildman–Crippen LogP) is 1.13. The molecule has 0 radical (unpaired) electrons. The van der Waals surface area contributed by atoms with E-state index in [1.165, 1.54) is 6.33 Å². The smallest absolute Gasteiger partial charge is 0.182 e. The van der Waals surface area contributed by atoms with Crippen molar-refractivity contribution in [3.63, 3.8) is 0 Å². The highest BCUT2D eigenvalue weighted by Crippen LogP contribution is 2.13. The minimum absolute atomic E-state index is 0.205. The lowest BCUT2D eigenvalue weighted by atomic mass is 10.2. The number of H-pyrrole nitrogens is 1. The van der Waals surface area contributed by atoms with Gasteiger partial charge in [0.05, 0.1) is 6.33 Å². The molecule has 84 valence electrons. The Morgan fingerprint density at radius 1 is 1.44 bits per heavy atom. The first-order chi connectivity index (χ1) is 7.77. The van der Waals surface area contributed by atoms with Gasteiger partial charge in [-0.3, -0.25) is 0 Å². The number of carbonyl (C=O) groups excluding carboxylic acids is 1. The van der Waals surface area contributed by atoms with Crippen LogP contribution in [0.3, 0.4) is 0 Å². The summed E-state index contributed by atoms with van der Waals surface area (Å²) in [6.07, 6.45) is 4.44. The number of fused-ring (bicyclic) bond motifs is 1. The summed E-state index contributed by atoms with van der Waals surface area (Å²) in [7, 11) is 0. The highest BCUT2D eigenvalue weighted by atomic mass is 16.1. The summed E-state index contributed by atoms with van der Waals surface area (Å²) in [5.74, 6) is 0.933. The Bertz CT molecular complexity index is 493. The number of nitrogens with one attached hydrogen (secondary N) is 2. The molecule has 0 bridgehead atoms. The zero-order chi connectivity index (χ0) is 11.4. The lowest BCUT2D eigenvalue weighted by molar-refractivity contribution is -0.117. The molecule has 2 rings (SSSR count). The number of aromatic nitrogens is 4. The van der Waals surface area contributed by atoms with Crippen LogP contribution in [0.5, 0.6) is 0 Å². The molecule has 0 saturated heterocycles. The van der Waals surface area contributed by atoms with Gasteiger partial charge in [0.15, 0.2) is 11.5 Å². The van der Waals surface area contributed by atoms with Gasteiger partial charge in [-0.15, -0.1) is 0 Å². The summed E-state index contributed by atoms with van der Waals surface area (Å²) < 4.78 is 0. The number of nitrogens with zero attached hydrogens (tertiary/aromatic N) is 3. The van der Waals surface area contributed by atoms with Gasteiger partial charge >= 0.3 is 0 Å². The minimum Gasteiger partial charge on any atom is -0.368 e. The maximum absolute atomic E-state index is 10.8. The predicted molar refractivity (Wildman–Crippen MR) is 60.1 cm³/mol. The Morgan fingerprint density at radius 3 is 3.12 bits per heavy atom. The summed E-state index contributed by atoms with van der Waals surface area (Å²) in [5.41, 5.74) is 1.44. The molecule has 2 aromatic heterocycles. The quantitative estimate of drug-likeness (QED) is 0.736. The highest BCUT2D eigenvalue weighted by Gasteiger charge is 2.04. The van der Waals surface area contributed by atoms with Gasteiger partial charge in [-0.2, -0.15) is 0 Å². The van der Waals surface area contributed by atoms with E-state index in [1.54, 1.807) is 13.3 Å². The van der Waals surface area contributed by atoms with Gasteiger partial charge in [-0.05, 0) is 13.3 Å². The topological polar surface area (TPSA) is 83.6 Å². The number of imidazole rings is 1. The third-order valence-electron chi connectivity index (χ3n) is 2.22. The molecular formula is C10H13N5O. The average molecular weight is 219 g/mol. The number of hydrogen-bond acceptors (Lipinski definition) is 5. The van der Waals surface area contributed by atoms with Crippen molar-refractivity contribution in [3.05, 3.63) is 12.7 Å². The van der Waals surface area contributed by atoms with Gasteiger partial charge in [0, 0.05) is 13.0 Å². The molecule has 0 fully saturated rings. The molecule has 0 atom stereocenters. The van der Waals surface area contributed by atoms with E-state index >= 15 is 0 Å². The van der Waals surface area contributed by atoms with Crippen LogP contribution in [0.25, 0.3) is 11.2 Å². The van der Waals surface area contributed by atoms with Crippen LogP contribution in [0.4, 0.5) is 5.82 Å². The molecule has 0 unspecified atom stereocenters. The van der Waals surface area contributed by atoms with Crippen LogP contribution in [-0.2, 0) is 4.79 Å². The molecule has 0 spiro atoms. The van der Waals surface area contributed by atoms with Crippen molar-refractivity contribution >= 4 is 22.8 Å². The molecule has 6 heteroatoms. The van der Waals surface area contributed by atoms with E-state index in [2.05, 4.69) is 25.3 Å². The number of ketones is 1. The van der Waals surface area contributed by atoms with Crippen LogP contribution >= 0.6 is 0 Å². The average Bonchev–Trinajstić information content (AvgIpc) is 2.72. The fraction of sp³-hybridized carbons (Fsp3) is 0.400. The molecule has 0 saturated carbocycles. The first-order valence-electron chi connectivity index (χ1n) is 5.15. The second-order valence-electron chi connectivity index (χ2n) is 3.56. The molecule has 2 N–H and O–H groups in total. The van der Waals surface area contributed by atoms with Crippen LogP contribution in [0.2, 0.25) is 0 Å². The van der Waals surface area contributed by atoms with Crippen LogP contribution in [-0.4, -0.2) is 32.3 Å². The number of Topliss-reactive ketones (excluding diaryl/α,β-unsaturated/α-hetero) is 1. The van der Waals surface area contributed by atoms with Crippen molar-refractivity contribution in [2.24, 2.45) is 0 Å². The normalized spacial score (nSPS) is 10.6. The Hall–Kier alpha value is -1.98. The van der Waals surface area contributed by atoms with Crippen molar-refractivity contribution in [2.75, 3.05) is 11.9 Å². The number of carbonyl (C=O) groups is 1. The molecule has 0 aliphatic rings. The second kappa shape index (κ2) is 4.69. The molecule has 2 heterocycles. The molecular weight excluding hydrogens is 206 g/mol. The van der Waals surface area contributed by atoms with Crippen LogP contribution in [0, 0.1) is 0 Å². The summed E-state index contributed by atoms with van der Waals surface area (Å²) in [4.78, 5) is 25.9. The van der Waals surface area contributed by atoms with Crippen molar-refractivity contribution in [1.82, 2.24) is 19.9 Å². The minimum atomic E-state index is 0.205. The van der Waals surface area contributed by atoms with Crippen molar-refractivity contribution in [2.45, 2.75) is 19.8 Å². The third kappa shape index (κ3) is 2.33. The first kappa shape index (κ1) is 10.5. The Balaban J connectivity index is 1.98. The van der Waals surface area contributed by atoms with E-state index in [0.29, 0.717) is 18.6 Å². The first-order valence-corrected chi connectivity index (χ1v) is 5.15. The number of rotatable bonds is 5. The summed E-state index contributed by atoms with van der Waals surface area (Å²) >= 11 is 0. The summed E-state index contributed by atoms with van der Waals surface area (Å²) in [6.45, 7) is 2.31. The van der Waals surface area contributed by atoms with Crippen LogP contribution < -0.4 is 5.32 Å². The van der Waals surface area contributed by atoms with Gasteiger partial charge < -0.3 is 15.1 Å². The fourth-order valence-electron chi connectivity index (χ4n) is 1.44. The van der Waals surface area contributed by atoms with Gasteiger partial charge in [-0.1, -0.05) is 0 Å². The standard InChI is InChI=1S/C10H13N5O/c1-7(16)3-2-4-11-9-8-10(13-5-12-8)15-6-14-9/h5-6H,2-4H2,1H3,(H2,11,12,13,14,15). The lowest BCUT2D eigenvalue weighted by Gasteiger charge is -2.04. The Morgan fingerprint density at radius 2 is 2.31 bits per heavy atom. The van der Waals surface area contributed by atoms with E-state index in [-0.39, 0.29) is 5.78 Å². The maximum atomic E-state index is 10.8. The Kier molecular flexibility index (Phi) is 3.09.